The summed E-state index contributed by atoms with van der Waals surface area (Å²) in [5.41, 5.74) is 7.53. The van der Waals surface area contributed by atoms with Crippen molar-refractivity contribution in [1.82, 2.24) is 0 Å². The molecule has 16 heavy (non-hydrogen) atoms. The molecule has 0 bridgehead atoms. The van der Waals surface area contributed by atoms with E-state index in [1.54, 1.807) is 12.1 Å². The molecule has 1 atom stereocenters. The number of nitrogens with two attached hydrogens (primary N) is 1. The maximum absolute atomic E-state index is 13.1. The Morgan fingerprint density at radius 3 is 2.06 bits per heavy atom. The summed E-state index contributed by atoms with van der Waals surface area (Å²) in [6.07, 6.45) is 0. The minimum atomic E-state index is -3.28. The number of aryl methyl sites for hydroxylation is 2. The second-order valence-corrected chi connectivity index (χ2v) is 3.82. The molecule has 0 unspecified atom stereocenters. The molecular formula is C11H16ClF2NO. The molecule has 0 aliphatic rings. The number of benzene rings is 1. The maximum atomic E-state index is 13.1. The van der Waals surface area contributed by atoms with Gasteiger partial charge >= 0.3 is 0 Å². The highest BCUT2D eigenvalue weighted by atomic mass is 35.5. The van der Waals surface area contributed by atoms with E-state index in [4.69, 9.17) is 10.8 Å². The molecule has 1 aromatic carbocycles. The van der Waals surface area contributed by atoms with Crippen LogP contribution in [0.2, 0.25) is 0 Å². The van der Waals surface area contributed by atoms with Crippen molar-refractivity contribution in [3.63, 3.8) is 0 Å². The molecule has 0 amide bonds. The van der Waals surface area contributed by atoms with E-state index in [-0.39, 0.29) is 12.4 Å². The molecule has 0 saturated carbocycles. The Hall–Kier alpha value is -0.710. The molecule has 3 N–H and O–H groups in total. The molecule has 5 heteroatoms. The molecule has 0 aliphatic heterocycles. The van der Waals surface area contributed by atoms with Gasteiger partial charge in [-0.25, -0.2) is 8.78 Å². The molecular weight excluding hydrogens is 236 g/mol. The highest BCUT2D eigenvalue weighted by Gasteiger charge is 2.37. The number of hydrogen-bond donors (Lipinski definition) is 2. The molecule has 0 fully saturated rings. The zero-order valence-corrected chi connectivity index (χ0v) is 10.0. The fourth-order valence-corrected chi connectivity index (χ4v) is 1.53. The summed E-state index contributed by atoms with van der Waals surface area (Å²) in [5, 5.41) is 8.53. The van der Waals surface area contributed by atoms with Crippen LogP contribution in [0.1, 0.15) is 22.7 Å². The Morgan fingerprint density at radius 2 is 1.69 bits per heavy atom. The van der Waals surface area contributed by atoms with Crippen LogP contribution in [0.25, 0.3) is 0 Å². The van der Waals surface area contributed by atoms with E-state index in [1.165, 1.54) is 0 Å². The second kappa shape index (κ2) is 5.57. The van der Waals surface area contributed by atoms with Crippen LogP contribution in [0.3, 0.4) is 0 Å². The molecule has 92 valence electrons. The van der Waals surface area contributed by atoms with E-state index < -0.39 is 18.6 Å². The van der Waals surface area contributed by atoms with Crippen molar-refractivity contribution >= 4 is 12.4 Å². The monoisotopic (exact) mass is 251 g/mol. The number of rotatable bonds is 3. The Balaban J connectivity index is 0.00000225. The molecule has 0 spiro atoms. The summed E-state index contributed by atoms with van der Waals surface area (Å²) < 4.78 is 26.2. The van der Waals surface area contributed by atoms with Crippen LogP contribution in [0.4, 0.5) is 8.78 Å². The summed E-state index contributed by atoms with van der Waals surface area (Å²) in [4.78, 5) is 0. The van der Waals surface area contributed by atoms with Gasteiger partial charge in [0.2, 0.25) is 0 Å². The summed E-state index contributed by atoms with van der Waals surface area (Å²) in [7, 11) is 0. The molecule has 0 aliphatic carbocycles. The van der Waals surface area contributed by atoms with E-state index in [9.17, 15) is 8.78 Å². The third kappa shape index (κ3) is 3.40. The molecule has 0 aromatic heterocycles. The zero-order valence-electron chi connectivity index (χ0n) is 9.21. The number of hydrogen-bond acceptors (Lipinski definition) is 2. The van der Waals surface area contributed by atoms with Crippen LogP contribution < -0.4 is 5.73 Å². The average Bonchev–Trinajstić information content (AvgIpc) is 2.15. The summed E-state index contributed by atoms with van der Waals surface area (Å²) >= 11 is 0. The third-order valence-electron chi connectivity index (χ3n) is 2.27. The second-order valence-electron chi connectivity index (χ2n) is 3.82. The maximum Gasteiger partial charge on any atom is 0.289 e. The SMILES string of the molecule is Cc1cc(C)cc([C@H](N)C(F)(F)CO)c1.Cl. The van der Waals surface area contributed by atoms with Crippen molar-refractivity contribution in [3.05, 3.63) is 34.9 Å². The first-order valence-corrected chi connectivity index (χ1v) is 4.69. The first-order chi connectivity index (χ1) is 6.86. The van der Waals surface area contributed by atoms with Crippen LogP contribution in [-0.2, 0) is 0 Å². The first kappa shape index (κ1) is 15.3. The molecule has 2 nitrogen and oxygen atoms in total. The quantitative estimate of drug-likeness (QED) is 0.866. The standard InChI is InChI=1S/C11H15F2NO.ClH/c1-7-3-8(2)5-9(4-7)10(14)11(12,13)6-15;/h3-5,10,15H,6,14H2,1-2H3;1H/t10-;/m0./s1. The molecule has 0 saturated heterocycles. The number of aliphatic hydroxyl groups is 1. The lowest BCUT2D eigenvalue weighted by molar-refractivity contribution is -0.0711. The van der Waals surface area contributed by atoms with Gasteiger partial charge in [-0.1, -0.05) is 29.3 Å². The van der Waals surface area contributed by atoms with Crippen LogP contribution in [0.15, 0.2) is 18.2 Å². The Bertz CT molecular complexity index is 338. The van der Waals surface area contributed by atoms with E-state index >= 15 is 0 Å². The Morgan fingerprint density at radius 1 is 1.25 bits per heavy atom. The zero-order chi connectivity index (χ0) is 11.6. The summed E-state index contributed by atoms with van der Waals surface area (Å²) in [6, 6.07) is 3.65. The van der Waals surface area contributed by atoms with E-state index in [2.05, 4.69) is 0 Å². The summed E-state index contributed by atoms with van der Waals surface area (Å²) in [6.45, 7) is 2.40. The smallest absolute Gasteiger partial charge is 0.289 e. The average molecular weight is 252 g/mol. The van der Waals surface area contributed by atoms with Crippen LogP contribution in [0.5, 0.6) is 0 Å². The molecule has 0 radical (unpaired) electrons. The van der Waals surface area contributed by atoms with Gasteiger partial charge in [0.15, 0.2) is 0 Å². The van der Waals surface area contributed by atoms with Crippen molar-refractivity contribution in [2.75, 3.05) is 6.61 Å². The fraction of sp³-hybridized carbons (Fsp3) is 0.455. The lowest BCUT2D eigenvalue weighted by Crippen LogP contribution is -2.36. The lowest BCUT2D eigenvalue weighted by Gasteiger charge is -2.22. The topological polar surface area (TPSA) is 46.2 Å². The molecule has 1 aromatic rings. The van der Waals surface area contributed by atoms with Crippen LogP contribution >= 0.6 is 12.4 Å². The van der Waals surface area contributed by atoms with Crippen molar-refractivity contribution in [1.29, 1.82) is 0 Å². The highest BCUT2D eigenvalue weighted by Crippen LogP contribution is 2.29. The Kier molecular flexibility index (Phi) is 5.32. The van der Waals surface area contributed by atoms with Gasteiger partial charge < -0.3 is 10.8 Å². The minimum absolute atomic E-state index is 0. The van der Waals surface area contributed by atoms with Gasteiger partial charge in [-0.3, -0.25) is 0 Å². The predicted octanol–water partition coefficient (Wildman–Crippen LogP) is 2.35. The predicted molar refractivity (Wildman–Crippen MR) is 62.1 cm³/mol. The number of halogens is 3. The Labute approximate surface area is 99.9 Å². The van der Waals surface area contributed by atoms with Crippen molar-refractivity contribution < 1.29 is 13.9 Å². The van der Waals surface area contributed by atoms with Crippen molar-refractivity contribution in [3.8, 4) is 0 Å². The largest absolute Gasteiger partial charge is 0.390 e. The number of alkyl halides is 2. The van der Waals surface area contributed by atoms with Gasteiger partial charge in [-0.05, 0) is 19.4 Å². The normalized spacial score (nSPS) is 13.1. The van der Waals surface area contributed by atoms with Crippen LogP contribution in [-0.4, -0.2) is 17.6 Å². The molecule has 0 heterocycles. The summed E-state index contributed by atoms with van der Waals surface area (Å²) in [5.74, 6) is -3.28. The van der Waals surface area contributed by atoms with Crippen LogP contribution in [0, 0.1) is 13.8 Å². The van der Waals surface area contributed by atoms with Gasteiger partial charge in [0.05, 0.1) is 6.04 Å². The van der Waals surface area contributed by atoms with E-state index in [0.717, 1.165) is 11.1 Å². The van der Waals surface area contributed by atoms with Crippen molar-refractivity contribution in [2.24, 2.45) is 5.73 Å². The van der Waals surface area contributed by atoms with Gasteiger partial charge in [0.1, 0.15) is 6.61 Å². The van der Waals surface area contributed by atoms with Gasteiger partial charge in [-0.2, -0.15) is 0 Å². The number of aliphatic hydroxyl groups excluding tert-OH is 1. The highest BCUT2D eigenvalue weighted by molar-refractivity contribution is 5.85. The lowest BCUT2D eigenvalue weighted by atomic mass is 9.98. The minimum Gasteiger partial charge on any atom is -0.390 e. The molecule has 1 rings (SSSR count). The first-order valence-electron chi connectivity index (χ1n) is 4.69. The van der Waals surface area contributed by atoms with Crippen molar-refractivity contribution in [2.45, 2.75) is 25.8 Å². The van der Waals surface area contributed by atoms with E-state index in [1.807, 2.05) is 19.9 Å². The third-order valence-corrected chi connectivity index (χ3v) is 2.27. The fourth-order valence-electron chi connectivity index (χ4n) is 1.53. The van der Waals surface area contributed by atoms with Gasteiger partial charge in [-0.15, -0.1) is 12.4 Å². The van der Waals surface area contributed by atoms with Gasteiger partial charge in [0, 0.05) is 0 Å². The van der Waals surface area contributed by atoms with Gasteiger partial charge in [0.25, 0.3) is 5.92 Å². The van der Waals surface area contributed by atoms with E-state index in [0.29, 0.717) is 5.56 Å².